The summed E-state index contributed by atoms with van der Waals surface area (Å²) in [6.07, 6.45) is 0.635. The third kappa shape index (κ3) is 6.33. The molecule has 0 radical (unpaired) electrons. The van der Waals surface area contributed by atoms with Crippen LogP contribution in [0.1, 0.15) is 42.7 Å². The maximum Gasteiger partial charge on any atom is 0.412 e. The summed E-state index contributed by atoms with van der Waals surface area (Å²) in [5, 5.41) is 6.86. The predicted molar refractivity (Wildman–Crippen MR) is 157 cm³/mol. The minimum absolute atomic E-state index is 0.137. The number of aryl methyl sites for hydroxylation is 1. The number of ether oxygens (including phenoxy) is 2. The highest BCUT2D eigenvalue weighted by molar-refractivity contribution is 5.91. The molecule has 212 valence electrons. The number of nitrogens with one attached hydrogen (secondary N) is 1. The van der Waals surface area contributed by atoms with Gasteiger partial charge in [-0.3, -0.25) is 10.1 Å². The van der Waals surface area contributed by atoms with Crippen LogP contribution in [0.4, 0.5) is 10.5 Å². The van der Waals surface area contributed by atoms with Gasteiger partial charge in [-0.15, -0.1) is 0 Å². The van der Waals surface area contributed by atoms with Crippen molar-refractivity contribution in [2.45, 2.75) is 38.2 Å². The summed E-state index contributed by atoms with van der Waals surface area (Å²) in [6.45, 7) is 4.70. The highest BCUT2D eigenvalue weighted by Gasteiger charge is 2.52. The molecule has 0 saturated heterocycles. The van der Waals surface area contributed by atoms with Crippen LogP contribution in [0.5, 0.6) is 0 Å². The van der Waals surface area contributed by atoms with Crippen molar-refractivity contribution in [1.29, 1.82) is 0 Å². The van der Waals surface area contributed by atoms with Gasteiger partial charge in [0.25, 0.3) is 0 Å². The molecule has 3 aromatic carbocycles. The van der Waals surface area contributed by atoms with Crippen molar-refractivity contribution in [3.8, 4) is 22.5 Å². The Morgan fingerprint density at radius 1 is 0.951 bits per heavy atom. The second kappa shape index (κ2) is 12.0. The van der Waals surface area contributed by atoms with E-state index in [2.05, 4.69) is 10.5 Å². The van der Waals surface area contributed by atoms with E-state index in [1.54, 1.807) is 6.92 Å². The van der Waals surface area contributed by atoms with Gasteiger partial charge in [0.15, 0.2) is 5.76 Å². The molecule has 1 aliphatic carbocycles. The highest BCUT2D eigenvalue weighted by Crippen LogP contribution is 2.49. The van der Waals surface area contributed by atoms with Crippen LogP contribution in [0.15, 0.2) is 83.4 Å². The van der Waals surface area contributed by atoms with E-state index in [9.17, 15) is 9.59 Å². The van der Waals surface area contributed by atoms with Crippen LogP contribution in [0.25, 0.3) is 22.5 Å². The number of carbonyl (C=O) groups is 2. The van der Waals surface area contributed by atoms with Gasteiger partial charge < -0.3 is 18.9 Å². The first-order valence-electron chi connectivity index (χ1n) is 13.8. The molecule has 1 saturated carbocycles. The van der Waals surface area contributed by atoms with Crippen molar-refractivity contribution >= 4 is 17.7 Å². The minimum atomic E-state index is -0.583. The van der Waals surface area contributed by atoms with E-state index in [-0.39, 0.29) is 5.97 Å². The molecule has 1 heterocycles. The molecule has 0 spiro atoms. The van der Waals surface area contributed by atoms with Crippen molar-refractivity contribution in [2.24, 2.45) is 0 Å². The lowest BCUT2D eigenvalue weighted by atomic mass is 9.93. The van der Waals surface area contributed by atoms with Crippen LogP contribution in [0.3, 0.4) is 0 Å². The minimum Gasteiger partial charge on any atom is -0.464 e. The van der Waals surface area contributed by atoms with Gasteiger partial charge in [0.2, 0.25) is 0 Å². The van der Waals surface area contributed by atoms with Gasteiger partial charge in [0.1, 0.15) is 24.1 Å². The number of amides is 1. The molecule has 1 atom stereocenters. The van der Waals surface area contributed by atoms with Crippen molar-refractivity contribution < 1.29 is 23.6 Å². The van der Waals surface area contributed by atoms with Gasteiger partial charge in [0, 0.05) is 12.1 Å². The standard InChI is InChI=1S/C33H35N3O5/c1-22-29(34-32(38)40-23(2)24-8-6-5-7-9-24)30(41-35-22)27-12-10-25(11-13-27)26-14-16-28(17-15-26)33(18-19-33)31(37)39-21-20-36(3)4/h5-17,23H,18-21H2,1-4H3,(H,34,38)/t23-/m1/s1. The van der Waals surface area contributed by atoms with Crippen molar-refractivity contribution in [3.05, 3.63) is 95.7 Å². The zero-order valence-electron chi connectivity index (χ0n) is 23.8. The Morgan fingerprint density at radius 2 is 1.56 bits per heavy atom. The molecule has 41 heavy (non-hydrogen) atoms. The van der Waals surface area contributed by atoms with Gasteiger partial charge >= 0.3 is 12.1 Å². The third-order valence-corrected chi connectivity index (χ3v) is 7.47. The number of carbonyl (C=O) groups excluding carboxylic acids is 2. The molecule has 5 rings (SSSR count). The molecule has 1 fully saturated rings. The third-order valence-electron chi connectivity index (χ3n) is 7.47. The fourth-order valence-electron chi connectivity index (χ4n) is 4.79. The van der Waals surface area contributed by atoms with Gasteiger partial charge in [-0.1, -0.05) is 84.0 Å². The number of hydrogen-bond acceptors (Lipinski definition) is 7. The number of nitrogens with zero attached hydrogens (tertiary/aromatic N) is 2. The van der Waals surface area contributed by atoms with Crippen LogP contribution in [0, 0.1) is 6.92 Å². The normalized spacial score (nSPS) is 14.4. The van der Waals surface area contributed by atoms with E-state index in [4.69, 9.17) is 14.0 Å². The number of benzene rings is 3. The molecular formula is C33H35N3O5. The van der Waals surface area contributed by atoms with E-state index >= 15 is 0 Å². The molecule has 1 N–H and O–H groups in total. The maximum atomic E-state index is 12.8. The highest BCUT2D eigenvalue weighted by atomic mass is 16.6. The molecular weight excluding hydrogens is 518 g/mol. The Hall–Kier alpha value is -4.43. The summed E-state index contributed by atoms with van der Waals surface area (Å²) < 4.78 is 16.7. The molecule has 4 aromatic rings. The van der Waals surface area contributed by atoms with Crippen LogP contribution < -0.4 is 5.32 Å². The summed E-state index contributed by atoms with van der Waals surface area (Å²) in [5.41, 5.74) is 5.23. The average Bonchev–Trinajstić information content (AvgIpc) is 3.72. The zero-order chi connectivity index (χ0) is 29.0. The Bertz CT molecular complexity index is 1490. The van der Waals surface area contributed by atoms with E-state index in [1.807, 2.05) is 105 Å². The monoisotopic (exact) mass is 553 g/mol. The fraction of sp³-hybridized carbons (Fsp3) is 0.303. The first-order valence-corrected chi connectivity index (χ1v) is 13.8. The number of likely N-dealkylation sites (N-methyl/N-ethyl adjacent to an activating group) is 1. The van der Waals surface area contributed by atoms with Crippen LogP contribution in [0.2, 0.25) is 0 Å². The molecule has 1 aromatic heterocycles. The first kappa shape index (κ1) is 28.1. The Morgan fingerprint density at radius 3 is 2.17 bits per heavy atom. The number of aromatic nitrogens is 1. The van der Waals surface area contributed by atoms with E-state index < -0.39 is 17.6 Å². The summed E-state index contributed by atoms with van der Waals surface area (Å²) in [5.74, 6) is 0.318. The number of hydrogen-bond donors (Lipinski definition) is 1. The molecule has 1 amide bonds. The average molecular weight is 554 g/mol. The number of esters is 1. The molecule has 0 bridgehead atoms. The van der Waals surface area contributed by atoms with Gasteiger partial charge in [-0.25, -0.2) is 4.79 Å². The number of rotatable bonds is 10. The molecule has 8 nitrogen and oxygen atoms in total. The molecule has 8 heteroatoms. The van der Waals surface area contributed by atoms with Crippen molar-refractivity contribution in [2.75, 3.05) is 32.6 Å². The molecule has 1 aliphatic rings. The zero-order valence-corrected chi connectivity index (χ0v) is 23.8. The quantitative estimate of drug-likeness (QED) is 0.217. The summed E-state index contributed by atoms with van der Waals surface area (Å²) in [6, 6.07) is 25.5. The van der Waals surface area contributed by atoms with Gasteiger partial charge in [-0.2, -0.15) is 0 Å². The van der Waals surface area contributed by atoms with Crippen molar-refractivity contribution in [1.82, 2.24) is 10.1 Å². The van der Waals surface area contributed by atoms with Gasteiger partial charge in [0.05, 0.1) is 5.41 Å². The first-order chi connectivity index (χ1) is 19.8. The maximum absolute atomic E-state index is 12.8. The smallest absolute Gasteiger partial charge is 0.412 e. The predicted octanol–water partition coefficient (Wildman–Crippen LogP) is 6.76. The molecule has 0 aliphatic heterocycles. The van der Waals surface area contributed by atoms with Crippen LogP contribution in [-0.2, 0) is 19.7 Å². The topological polar surface area (TPSA) is 93.9 Å². The fourth-order valence-corrected chi connectivity index (χ4v) is 4.79. The second-order valence-electron chi connectivity index (χ2n) is 10.7. The van der Waals surface area contributed by atoms with Crippen LogP contribution >= 0.6 is 0 Å². The summed E-state index contributed by atoms with van der Waals surface area (Å²) in [7, 11) is 3.91. The Kier molecular flexibility index (Phi) is 8.21. The summed E-state index contributed by atoms with van der Waals surface area (Å²) >= 11 is 0. The lowest BCUT2D eigenvalue weighted by Gasteiger charge is -2.17. The largest absolute Gasteiger partial charge is 0.464 e. The summed E-state index contributed by atoms with van der Waals surface area (Å²) in [4.78, 5) is 27.4. The SMILES string of the molecule is Cc1noc(-c2ccc(-c3ccc(C4(C(=O)OCCN(C)C)CC4)cc3)cc2)c1NC(=O)O[C@H](C)c1ccccc1. The Balaban J connectivity index is 1.25. The van der Waals surface area contributed by atoms with Crippen molar-refractivity contribution in [3.63, 3.8) is 0 Å². The lowest BCUT2D eigenvalue weighted by Crippen LogP contribution is -2.27. The van der Waals surface area contributed by atoms with E-state index in [0.717, 1.165) is 40.7 Å². The second-order valence-corrected chi connectivity index (χ2v) is 10.7. The Labute approximate surface area is 240 Å². The van der Waals surface area contributed by atoms with E-state index in [1.165, 1.54) is 0 Å². The molecule has 0 unspecified atom stereocenters. The lowest BCUT2D eigenvalue weighted by molar-refractivity contribution is -0.147. The van der Waals surface area contributed by atoms with Crippen LogP contribution in [-0.4, -0.2) is 49.4 Å². The van der Waals surface area contributed by atoms with E-state index in [0.29, 0.717) is 30.3 Å². The number of anilines is 1. The van der Waals surface area contributed by atoms with Gasteiger partial charge in [-0.05, 0) is 63.0 Å².